The summed E-state index contributed by atoms with van der Waals surface area (Å²) in [6, 6.07) is 13.1. The van der Waals surface area contributed by atoms with Crippen LogP contribution < -0.4 is 9.47 Å². The smallest absolute Gasteiger partial charge is 0.196 e. The molecule has 3 nitrogen and oxygen atoms in total. The first-order valence-electron chi connectivity index (χ1n) is 7.32. The lowest BCUT2D eigenvalue weighted by molar-refractivity contribution is 0.103. The van der Waals surface area contributed by atoms with E-state index >= 15 is 0 Å². The zero-order valence-electron chi connectivity index (χ0n) is 12.1. The molecule has 0 N–H and O–H groups in total. The lowest BCUT2D eigenvalue weighted by Crippen LogP contribution is -2.04. The number of para-hydroxylation sites is 1. The number of rotatable bonds is 5. The summed E-state index contributed by atoms with van der Waals surface area (Å²) < 4.78 is 11.2. The summed E-state index contributed by atoms with van der Waals surface area (Å²) in [5.74, 6) is 1.45. The molecule has 0 unspecified atom stereocenters. The van der Waals surface area contributed by atoms with Gasteiger partial charge >= 0.3 is 0 Å². The minimum Gasteiger partial charge on any atom is -0.494 e. The normalized spacial score (nSPS) is 12.6. The Hall–Kier alpha value is -2.29. The molecule has 0 fully saturated rings. The summed E-state index contributed by atoms with van der Waals surface area (Å²) in [5, 5.41) is 0. The van der Waals surface area contributed by atoms with Crippen LogP contribution in [0.5, 0.6) is 11.5 Å². The number of hydrogen-bond acceptors (Lipinski definition) is 3. The van der Waals surface area contributed by atoms with Crippen LogP contribution in [0.1, 0.15) is 34.8 Å². The molecule has 1 aliphatic rings. The summed E-state index contributed by atoms with van der Waals surface area (Å²) in [4.78, 5) is 12.7. The van der Waals surface area contributed by atoms with Crippen LogP contribution >= 0.6 is 0 Å². The van der Waals surface area contributed by atoms with Crippen molar-refractivity contribution in [1.82, 2.24) is 0 Å². The van der Waals surface area contributed by atoms with Gasteiger partial charge in [0.05, 0.1) is 18.8 Å². The molecule has 108 valence electrons. The quantitative estimate of drug-likeness (QED) is 0.785. The Morgan fingerprint density at radius 3 is 2.95 bits per heavy atom. The second-order valence-electron chi connectivity index (χ2n) is 5.10. The van der Waals surface area contributed by atoms with Crippen molar-refractivity contribution in [2.45, 2.75) is 19.8 Å². The van der Waals surface area contributed by atoms with Crippen molar-refractivity contribution in [3.63, 3.8) is 0 Å². The lowest BCUT2D eigenvalue weighted by atomic mass is 9.99. The van der Waals surface area contributed by atoms with Gasteiger partial charge in [-0.1, -0.05) is 31.2 Å². The molecule has 21 heavy (non-hydrogen) atoms. The zero-order chi connectivity index (χ0) is 14.7. The molecule has 0 radical (unpaired) electrons. The monoisotopic (exact) mass is 282 g/mol. The molecule has 0 bridgehead atoms. The van der Waals surface area contributed by atoms with Gasteiger partial charge in [0, 0.05) is 12.0 Å². The standard InChI is InChI=1S/C18H18O3/c1-2-10-20-15-7-3-6-14(12-15)17(19)16-8-4-5-13-9-11-21-18(13)16/h3-8,12H,2,9-11H2,1H3. The average Bonchev–Trinajstić information content (AvgIpc) is 3.01. The molecule has 0 aromatic heterocycles. The van der Waals surface area contributed by atoms with Crippen molar-refractivity contribution >= 4 is 5.78 Å². The number of ether oxygens (including phenoxy) is 2. The van der Waals surface area contributed by atoms with Crippen molar-refractivity contribution in [2.75, 3.05) is 13.2 Å². The van der Waals surface area contributed by atoms with E-state index in [0.717, 1.165) is 29.9 Å². The van der Waals surface area contributed by atoms with Gasteiger partial charge in [-0.25, -0.2) is 0 Å². The van der Waals surface area contributed by atoms with Gasteiger partial charge in [0.25, 0.3) is 0 Å². The Morgan fingerprint density at radius 2 is 2.10 bits per heavy atom. The topological polar surface area (TPSA) is 35.5 Å². The maximum Gasteiger partial charge on any atom is 0.196 e. The highest BCUT2D eigenvalue weighted by Gasteiger charge is 2.21. The minimum absolute atomic E-state index is 0.0179. The Labute approximate surface area is 124 Å². The molecular formula is C18H18O3. The largest absolute Gasteiger partial charge is 0.494 e. The SMILES string of the molecule is CCCOc1cccc(C(=O)c2cccc3c2OCC3)c1. The number of carbonyl (C=O) groups excluding carboxylic acids is 1. The molecule has 2 aromatic rings. The van der Waals surface area contributed by atoms with Gasteiger partial charge in [0.1, 0.15) is 11.5 Å². The van der Waals surface area contributed by atoms with E-state index in [9.17, 15) is 4.79 Å². The molecule has 1 aliphatic heterocycles. The number of ketones is 1. The van der Waals surface area contributed by atoms with Crippen LogP contribution in [-0.4, -0.2) is 19.0 Å². The van der Waals surface area contributed by atoms with E-state index in [0.29, 0.717) is 24.3 Å². The van der Waals surface area contributed by atoms with Crippen molar-refractivity contribution in [2.24, 2.45) is 0 Å². The predicted molar refractivity (Wildman–Crippen MR) is 81.3 cm³/mol. The van der Waals surface area contributed by atoms with E-state index < -0.39 is 0 Å². The Bertz CT molecular complexity index is 661. The molecule has 0 aliphatic carbocycles. The number of benzene rings is 2. The molecule has 0 saturated carbocycles. The van der Waals surface area contributed by atoms with E-state index in [1.54, 1.807) is 6.07 Å². The fourth-order valence-electron chi connectivity index (χ4n) is 2.50. The molecular weight excluding hydrogens is 264 g/mol. The van der Waals surface area contributed by atoms with Gasteiger partial charge in [-0.15, -0.1) is 0 Å². The van der Waals surface area contributed by atoms with E-state index in [4.69, 9.17) is 9.47 Å². The van der Waals surface area contributed by atoms with E-state index in [1.165, 1.54) is 0 Å². The van der Waals surface area contributed by atoms with Gasteiger partial charge in [-0.05, 0) is 30.2 Å². The van der Waals surface area contributed by atoms with Gasteiger partial charge in [-0.3, -0.25) is 4.79 Å². The first-order valence-corrected chi connectivity index (χ1v) is 7.32. The summed E-state index contributed by atoms with van der Waals surface area (Å²) in [7, 11) is 0. The highest BCUT2D eigenvalue weighted by atomic mass is 16.5. The lowest BCUT2D eigenvalue weighted by Gasteiger charge is -2.09. The molecule has 0 spiro atoms. The van der Waals surface area contributed by atoms with Gasteiger partial charge in [0.2, 0.25) is 0 Å². The highest BCUT2D eigenvalue weighted by molar-refractivity contribution is 6.11. The third kappa shape index (κ3) is 2.77. The van der Waals surface area contributed by atoms with Crippen molar-refractivity contribution in [3.8, 4) is 11.5 Å². The van der Waals surface area contributed by atoms with Crippen LogP contribution in [-0.2, 0) is 6.42 Å². The Balaban J connectivity index is 1.90. The van der Waals surface area contributed by atoms with Crippen molar-refractivity contribution < 1.29 is 14.3 Å². The van der Waals surface area contributed by atoms with Crippen LogP contribution in [0, 0.1) is 0 Å². The minimum atomic E-state index is -0.0179. The maximum atomic E-state index is 12.7. The van der Waals surface area contributed by atoms with Crippen LogP contribution in [0.3, 0.4) is 0 Å². The van der Waals surface area contributed by atoms with Crippen LogP contribution in [0.4, 0.5) is 0 Å². The van der Waals surface area contributed by atoms with Crippen LogP contribution in [0.2, 0.25) is 0 Å². The number of fused-ring (bicyclic) bond motifs is 1. The van der Waals surface area contributed by atoms with Crippen molar-refractivity contribution in [1.29, 1.82) is 0 Å². The van der Waals surface area contributed by atoms with Gasteiger partial charge in [0.15, 0.2) is 5.78 Å². The van der Waals surface area contributed by atoms with Gasteiger partial charge < -0.3 is 9.47 Å². The van der Waals surface area contributed by atoms with Gasteiger partial charge in [-0.2, -0.15) is 0 Å². The van der Waals surface area contributed by atoms with E-state index in [2.05, 4.69) is 6.92 Å². The second kappa shape index (κ2) is 6.00. The fourth-order valence-corrected chi connectivity index (χ4v) is 2.50. The maximum absolute atomic E-state index is 12.7. The highest BCUT2D eigenvalue weighted by Crippen LogP contribution is 2.31. The van der Waals surface area contributed by atoms with Crippen molar-refractivity contribution in [3.05, 3.63) is 59.2 Å². The zero-order valence-corrected chi connectivity index (χ0v) is 12.1. The third-order valence-electron chi connectivity index (χ3n) is 3.53. The molecule has 2 aromatic carbocycles. The fraction of sp³-hybridized carbons (Fsp3) is 0.278. The van der Waals surface area contributed by atoms with Crippen LogP contribution in [0.15, 0.2) is 42.5 Å². The first-order chi connectivity index (χ1) is 10.3. The molecule has 0 saturated heterocycles. The van der Waals surface area contributed by atoms with Crippen LogP contribution in [0.25, 0.3) is 0 Å². The first kappa shape index (κ1) is 13.7. The summed E-state index contributed by atoms with van der Waals surface area (Å²) in [6.45, 7) is 3.36. The second-order valence-corrected chi connectivity index (χ2v) is 5.10. The molecule has 3 rings (SSSR count). The molecule has 1 heterocycles. The third-order valence-corrected chi connectivity index (χ3v) is 3.53. The number of carbonyl (C=O) groups is 1. The molecule has 0 atom stereocenters. The van der Waals surface area contributed by atoms with E-state index in [1.807, 2.05) is 36.4 Å². The predicted octanol–water partition coefficient (Wildman–Crippen LogP) is 3.64. The average molecular weight is 282 g/mol. The Kier molecular flexibility index (Phi) is 3.91. The Morgan fingerprint density at radius 1 is 1.24 bits per heavy atom. The van der Waals surface area contributed by atoms with E-state index in [-0.39, 0.29) is 5.78 Å². The number of hydrogen-bond donors (Lipinski definition) is 0. The summed E-state index contributed by atoms with van der Waals surface area (Å²) in [6.07, 6.45) is 1.81. The molecule has 3 heteroatoms. The molecule has 0 amide bonds. The summed E-state index contributed by atoms with van der Waals surface area (Å²) in [5.41, 5.74) is 2.38. The summed E-state index contributed by atoms with van der Waals surface area (Å²) >= 11 is 0.